The van der Waals surface area contributed by atoms with E-state index in [1.807, 2.05) is 0 Å². The lowest BCUT2D eigenvalue weighted by Gasteiger charge is -2.05. The van der Waals surface area contributed by atoms with E-state index in [4.69, 9.17) is 11.6 Å². The third-order valence-electron chi connectivity index (χ3n) is 2.64. The molecule has 0 fully saturated rings. The maximum Gasteiger partial charge on any atom is 0.194 e. The zero-order valence-corrected chi connectivity index (χ0v) is 11.7. The van der Waals surface area contributed by atoms with E-state index < -0.39 is 9.84 Å². The minimum Gasteiger partial charge on any atom is -0.289 e. The maximum absolute atomic E-state index is 12.3. The van der Waals surface area contributed by atoms with E-state index in [2.05, 4.69) is 0 Å². The van der Waals surface area contributed by atoms with Gasteiger partial charge >= 0.3 is 0 Å². The van der Waals surface area contributed by atoms with Crippen molar-refractivity contribution < 1.29 is 13.2 Å². The van der Waals surface area contributed by atoms with Crippen LogP contribution in [0.2, 0.25) is 5.02 Å². The highest BCUT2D eigenvalue weighted by molar-refractivity contribution is 7.90. The van der Waals surface area contributed by atoms with Crippen LogP contribution in [0.3, 0.4) is 0 Å². The van der Waals surface area contributed by atoms with E-state index >= 15 is 0 Å². The van der Waals surface area contributed by atoms with Crippen LogP contribution in [0, 0.1) is 0 Å². The highest BCUT2D eigenvalue weighted by Gasteiger charge is 2.15. The first-order valence-corrected chi connectivity index (χ1v) is 7.76. The van der Waals surface area contributed by atoms with Crippen LogP contribution in [0.5, 0.6) is 0 Å². The van der Waals surface area contributed by atoms with Crippen molar-refractivity contribution in [3.63, 3.8) is 0 Å². The fourth-order valence-electron chi connectivity index (χ4n) is 1.67. The Balaban J connectivity index is 2.49. The van der Waals surface area contributed by atoms with Gasteiger partial charge in [-0.3, -0.25) is 4.79 Å². The summed E-state index contributed by atoms with van der Waals surface area (Å²) in [7, 11) is -3.34. The first kappa shape index (κ1) is 13.8. The largest absolute Gasteiger partial charge is 0.289 e. The molecule has 0 radical (unpaired) electrons. The molecule has 0 bridgehead atoms. The number of hydrogen-bond donors (Lipinski definition) is 0. The first-order chi connectivity index (χ1) is 8.89. The topological polar surface area (TPSA) is 51.2 Å². The van der Waals surface area contributed by atoms with Gasteiger partial charge in [0.25, 0.3) is 0 Å². The van der Waals surface area contributed by atoms with Crippen LogP contribution in [0.25, 0.3) is 0 Å². The standard InChI is InChI=1S/C14H11ClO3S/c1-19(17,18)11-6-4-5-10(9-11)14(16)12-7-2-3-8-13(12)15/h2-9H,1H3. The van der Waals surface area contributed by atoms with Gasteiger partial charge in [0.2, 0.25) is 0 Å². The second kappa shape index (κ2) is 5.15. The van der Waals surface area contributed by atoms with Crippen molar-refractivity contribution in [2.24, 2.45) is 0 Å². The van der Waals surface area contributed by atoms with E-state index in [1.54, 1.807) is 36.4 Å². The Morgan fingerprint density at radius 2 is 1.74 bits per heavy atom. The molecule has 19 heavy (non-hydrogen) atoms. The Labute approximate surface area is 116 Å². The van der Waals surface area contributed by atoms with Crippen LogP contribution >= 0.6 is 11.6 Å². The number of carbonyl (C=O) groups excluding carboxylic acids is 1. The third kappa shape index (κ3) is 3.03. The molecule has 2 aromatic rings. The lowest BCUT2D eigenvalue weighted by atomic mass is 10.0. The van der Waals surface area contributed by atoms with Gasteiger partial charge in [0.05, 0.1) is 9.92 Å². The monoisotopic (exact) mass is 294 g/mol. The zero-order valence-electron chi connectivity index (χ0n) is 10.1. The van der Waals surface area contributed by atoms with Gasteiger partial charge in [-0.2, -0.15) is 0 Å². The summed E-state index contributed by atoms with van der Waals surface area (Å²) in [5.74, 6) is -0.295. The zero-order chi connectivity index (χ0) is 14.0. The molecule has 0 unspecified atom stereocenters. The van der Waals surface area contributed by atoms with Crippen LogP contribution in [0.15, 0.2) is 53.4 Å². The smallest absolute Gasteiger partial charge is 0.194 e. The molecular weight excluding hydrogens is 284 g/mol. The van der Waals surface area contributed by atoms with Gasteiger partial charge in [0, 0.05) is 17.4 Å². The van der Waals surface area contributed by atoms with Crippen molar-refractivity contribution >= 4 is 27.2 Å². The second-order valence-electron chi connectivity index (χ2n) is 4.11. The molecule has 0 aliphatic heterocycles. The Morgan fingerprint density at radius 3 is 2.37 bits per heavy atom. The molecule has 0 heterocycles. The van der Waals surface area contributed by atoms with Crippen molar-refractivity contribution in [1.82, 2.24) is 0 Å². The minimum absolute atomic E-state index is 0.116. The molecule has 0 saturated heterocycles. The number of rotatable bonds is 3. The molecular formula is C14H11ClO3S. The van der Waals surface area contributed by atoms with Crippen LogP contribution < -0.4 is 0 Å². The Bertz CT molecular complexity index is 736. The molecule has 0 N–H and O–H groups in total. The molecule has 0 saturated carbocycles. The van der Waals surface area contributed by atoms with E-state index in [9.17, 15) is 13.2 Å². The van der Waals surface area contributed by atoms with Crippen molar-refractivity contribution in [2.75, 3.05) is 6.26 Å². The molecule has 2 rings (SSSR count). The summed E-state index contributed by atoms with van der Waals surface area (Å²) in [6.07, 6.45) is 1.10. The average Bonchev–Trinajstić information content (AvgIpc) is 2.38. The summed E-state index contributed by atoms with van der Waals surface area (Å²) in [4.78, 5) is 12.4. The Hall–Kier alpha value is -1.65. The number of carbonyl (C=O) groups is 1. The van der Waals surface area contributed by atoms with Gasteiger partial charge < -0.3 is 0 Å². The summed E-state index contributed by atoms with van der Waals surface area (Å²) in [5.41, 5.74) is 0.658. The maximum atomic E-state index is 12.3. The van der Waals surface area contributed by atoms with Crippen LogP contribution in [-0.4, -0.2) is 20.5 Å². The molecule has 0 aliphatic carbocycles. The van der Waals surface area contributed by atoms with Crippen LogP contribution in [0.4, 0.5) is 0 Å². The van der Waals surface area contributed by atoms with Crippen LogP contribution in [-0.2, 0) is 9.84 Å². The highest BCUT2D eigenvalue weighted by Crippen LogP contribution is 2.20. The Morgan fingerprint density at radius 1 is 1.05 bits per heavy atom. The molecule has 5 heteroatoms. The normalized spacial score (nSPS) is 11.3. The van der Waals surface area contributed by atoms with Gasteiger partial charge in [-0.1, -0.05) is 35.9 Å². The van der Waals surface area contributed by atoms with Gasteiger partial charge in [-0.25, -0.2) is 8.42 Å². The molecule has 0 amide bonds. The van der Waals surface area contributed by atoms with Crippen LogP contribution in [0.1, 0.15) is 15.9 Å². The van der Waals surface area contributed by atoms with E-state index in [0.717, 1.165) is 6.26 Å². The predicted molar refractivity (Wildman–Crippen MR) is 74.4 cm³/mol. The first-order valence-electron chi connectivity index (χ1n) is 5.49. The summed E-state index contributed by atoms with van der Waals surface area (Å²) in [5, 5.41) is 0.345. The second-order valence-corrected chi connectivity index (χ2v) is 6.53. The van der Waals surface area contributed by atoms with Gasteiger partial charge in [-0.15, -0.1) is 0 Å². The summed E-state index contributed by atoms with van der Waals surface area (Å²) in [6, 6.07) is 12.6. The average molecular weight is 295 g/mol. The number of ketones is 1. The molecule has 0 atom stereocenters. The minimum atomic E-state index is -3.34. The molecule has 3 nitrogen and oxygen atoms in total. The lowest BCUT2D eigenvalue weighted by molar-refractivity contribution is 0.103. The molecule has 0 spiro atoms. The number of halogens is 1. The third-order valence-corrected chi connectivity index (χ3v) is 4.08. The summed E-state index contributed by atoms with van der Waals surface area (Å²) < 4.78 is 22.9. The Kier molecular flexibility index (Phi) is 3.73. The van der Waals surface area contributed by atoms with Crippen molar-refractivity contribution in [3.05, 3.63) is 64.7 Å². The molecule has 2 aromatic carbocycles. The van der Waals surface area contributed by atoms with Gasteiger partial charge in [-0.05, 0) is 24.3 Å². The van der Waals surface area contributed by atoms with E-state index in [-0.39, 0.29) is 10.7 Å². The predicted octanol–water partition coefficient (Wildman–Crippen LogP) is 2.97. The van der Waals surface area contributed by atoms with Gasteiger partial charge in [0.15, 0.2) is 15.6 Å². The van der Waals surface area contributed by atoms with E-state index in [0.29, 0.717) is 16.1 Å². The van der Waals surface area contributed by atoms with Crippen molar-refractivity contribution in [3.8, 4) is 0 Å². The molecule has 0 aliphatic rings. The quantitative estimate of drug-likeness (QED) is 0.818. The number of benzene rings is 2. The lowest BCUT2D eigenvalue weighted by Crippen LogP contribution is -2.04. The SMILES string of the molecule is CS(=O)(=O)c1cccc(C(=O)c2ccccc2Cl)c1. The van der Waals surface area contributed by atoms with Gasteiger partial charge in [0.1, 0.15) is 0 Å². The fourth-order valence-corrected chi connectivity index (χ4v) is 2.56. The number of hydrogen-bond acceptors (Lipinski definition) is 3. The summed E-state index contributed by atoms with van der Waals surface area (Å²) >= 11 is 5.96. The number of sulfone groups is 1. The van der Waals surface area contributed by atoms with Crippen molar-refractivity contribution in [1.29, 1.82) is 0 Å². The molecule has 0 aromatic heterocycles. The van der Waals surface area contributed by atoms with Crippen molar-refractivity contribution in [2.45, 2.75) is 4.90 Å². The fraction of sp³-hybridized carbons (Fsp3) is 0.0714. The summed E-state index contributed by atoms with van der Waals surface area (Å²) in [6.45, 7) is 0. The van der Waals surface area contributed by atoms with E-state index in [1.165, 1.54) is 12.1 Å². The molecule has 98 valence electrons. The highest BCUT2D eigenvalue weighted by atomic mass is 35.5.